The molecule has 0 aliphatic rings. The lowest BCUT2D eigenvalue weighted by molar-refractivity contribution is 0.569. The summed E-state index contributed by atoms with van der Waals surface area (Å²) in [5, 5.41) is 4.50. The van der Waals surface area contributed by atoms with Gasteiger partial charge in [-0.05, 0) is 36.6 Å². The summed E-state index contributed by atoms with van der Waals surface area (Å²) in [7, 11) is 0. The van der Waals surface area contributed by atoms with Gasteiger partial charge in [-0.3, -0.25) is 9.36 Å². The van der Waals surface area contributed by atoms with E-state index in [0.29, 0.717) is 38.5 Å². The Morgan fingerprint density at radius 3 is 2.87 bits per heavy atom. The van der Waals surface area contributed by atoms with E-state index in [0.717, 1.165) is 0 Å². The van der Waals surface area contributed by atoms with Crippen LogP contribution in [0.4, 0.5) is 10.2 Å². The van der Waals surface area contributed by atoms with Gasteiger partial charge in [-0.15, -0.1) is 0 Å². The molecular weight excluding hydrogens is 421 g/mol. The second-order valence-corrected chi connectivity index (χ2v) is 7.32. The van der Waals surface area contributed by atoms with Crippen molar-refractivity contribution in [3.63, 3.8) is 0 Å². The van der Waals surface area contributed by atoms with Gasteiger partial charge in [0.2, 0.25) is 5.95 Å². The van der Waals surface area contributed by atoms with E-state index < -0.39 is 17.5 Å². The van der Waals surface area contributed by atoms with Gasteiger partial charge in [0.1, 0.15) is 17.5 Å². The van der Waals surface area contributed by atoms with Crippen LogP contribution in [0.25, 0.3) is 27.6 Å². The molecule has 2 N–H and O–H groups in total. The summed E-state index contributed by atoms with van der Waals surface area (Å²) in [5.41, 5.74) is 1.23. The number of aromatic nitrogens is 6. The first-order valence-corrected chi connectivity index (χ1v) is 9.78. The molecule has 0 bridgehead atoms. The third-order valence-electron chi connectivity index (χ3n) is 5.02. The predicted molar refractivity (Wildman–Crippen MR) is 116 cm³/mol. The molecule has 154 valence electrons. The molecule has 0 spiro atoms. The van der Waals surface area contributed by atoms with Crippen LogP contribution in [0.1, 0.15) is 18.7 Å². The summed E-state index contributed by atoms with van der Waals surface area (Å²) in [4.78, 5) is 32.7. The predicted octanol–water partition coefficient (Wildman–Crippen LogP) is 4.02. The van der Waals surface area contributed by atoms with Gasteiger partial charge in [-0.25, -0.2) is 19.9 Å². The van der Waals surface area contributed by atoms with E-state index in [1.54, 1.807) is 30.3 Å². The monoisotopic (exact) mass is 435 g/mol. The highest BCUT2D eigenvalue weighted by atomic mass is 35.5. The molecule has 0 aliphatic carbocycles. The molecule has 1 atom stereocenters. The van der Waals surface area contributed by atoms with Crippen molar-refractivity contribution in [3.05, 3.63) is 82.3 Å². The van der Waals surface area contributed by atoms with Gasteiger partial charge in [0, 0.05) is 11.9 Å². The number of nitrogens with one attached hydrogen (secondary N) is 2. The average Bonchev–Trinajstić information content (AvgIpc) is 3.24. The SMILES string of the molecule is C[C@H](Nc1ncnc2[nH]cnc12)c1cc2cccc(Cl)c2c(=O)n1-c1cccnc1F. The van der Waals surface area contributed by atoms with Crippen molar-refractivity contribution in [2.24, 2.45) is 0 Å². The van der Waals surface area contributed by atoms with Crippen LogP contribution >= 0.6 is 11.6 Å². The fourth-order valence-electron chi connectivity index (χ4n) is 3.60. The Balaban J connectivity index is 1.74. The zero-order valence-electron chi connectivity index (χ0n) is 16.2. The second-order valence-electron chi connectivity index (χ2n) is 6.92. The fourth-order valence-corrected chi connectivity index (χ4v) is 3.86. The maximum Gasteiger partial charge on any atom is 0.264 e. The third kappa shape index (κ3) is 3.19. The Kier molecular flexibility index (Phi) is 4.59. The third-order valence-corrected chi connectivity index (χ3v) is 5.33. The number of hydrogen-bond donors (Lipinski definition) is 2. The number of rotatable bonds is 4. The maximum absolute atomic E-state index is 14.6. The summed E-state index contributed by atoms with van der Waals surface area (Å²) >= 11 is 6.31. The van der Waals surface area contributed by atoms with Crippen molar-refractivity contribution in [3.8, 4) is 5.69 Å². The largest absolute Gasteiger partial charge is 0.360 e. The van der Waals surface area contributed by atoms with E-state index in [2.05, 4.69) is 30.2 Å². The van der Waals surface area contributed by atoms with Gasteiger partial charge < -0.3 is 10.3 Å². The zero-order chi connectivity index (χ0) is 21.5. The Morgan fingerprint density at radius 2 is 2.03 bits per heavy atom. The number of halogens is 2. The Labute approximate surface area is 179 Å². The quantitative estimate of drug-likeness (QED) is 0.413. The smallest absolute Gasteiger partial charge is 0.264 e. The number of aromatic amines is 1. The highest BCUT2D eigenvalue weighted by Crippen LogP contribution is 2.28. The molecule has 0 saturated heterocycles. The highest BCUT2D eigenvalue weighted by molar-refractivity contribution is 6.35. The summed E-state index contributed by atoms with van der Waals surface area (Å²) in [5.74, 6) is -0.281. The Bertz CT molecular complexity index is 1500. The number of benzene rings is 1. The van der Waals surface area contributed by atoms with Gasteiger partial charge in [0.15, 0.2) is 11.5 Å². The van der Waals surface area contributed by atoms with E-state index in [1.807, 2.05) is 6.92 Å². The van der Waals surface area contributed by atoms with Gasteiger partial charge in [-0.2, -0.15) is 4.39 Å². The molecule has 4 aromatic heterocycles. The highest BCUT2D eigenvalue weighted by Gasteiger charge is 2.21. The molecule has 31 heavy (non-hydrogen) atoms. The van der Waals surface area contributed by atoms with E-state index in [4.69, 9.17) is 11.6 Å². The lowest BCUT2D eigenvalue weighted by atomic mass is 10.1. The standard InChI is InChI=1S/C21H15ClFN7O/c1-11(29-20-17-19(26-9-25-17)27-10-28-20)15-8-12-4-2-5-13(22)16(12)21(31)30(15)14-6-3-7-24-18(14)23/h2-11H,1H3,(H2,25,26,27,28,29)/t11-/m0/s1. The minimum absolute atomic E-state index is 0.0329. The molecule has 8 nitrogen and oxygen atoms in total. The van der Waals surface area contributed by atoms with Crippen LogP contribution in [0.5, 0.6) is 0 Å². The van der Waals surface area contributed by atoms with E-state index in [9.17, 15) is 9.18 Å². The Hall–Kier alpha value is -3.85. The van der Waals surface area contributed by atoms with Crippen molar-refractivity contribution in [2.75, 3.05) is 5.32 Å². The summed E-state index contributed by atoms with van der Waals surface area (Å²) in [6, 6.07) is 9.60. The van der Waals surface area contributed by atoms with Crippen LogP contribution in [-0.4, -0.2) is 29.5 Å². The van der Waals surface area contributed by atoms with Crippen LogP contribution in [0.3, 0.4) is 0 Å². The number of anilines is 1. The summed E-state index contributed by atoms with van der Waals surface area (Å²) < 4.78 is 15.9. The van der Waals surface area contributed by atoms with E-state index in [-0.39, 0.29) is 5.69 Å². The topological polar surface area (TPSA) is 101 Å². The number of hydrogen-bond acceptors (Lipinski definition) is 6. The molecule has 0 amide bonds. The molecule has 5 rings (SSSR count). The first kappa shape index (κ1) is 19.1. The number of imidazole rings is 1. The van der Waals surface area contributed by atoms with Crippen LogP contribution < -0.4 is 10.9 Å². The van der Waals surface area contributed by atoms with Crippen LogP contribution in [0.2, 0.25) is 5.02 Å². The van der Waals surface area contributed by atoms with Crippen LogP contribution in [0.15, 0.2) is 60.0 Å². The average molecular weight is 436 g/mol. The first-order chi connectivity index (χ1) is 15.0. The van der Waals surface area contributed by atoms with Crippen molar-refractivity contribution in [2.45, 2.75) is 13.0 Å². The molecule has 0 saturated carbocycles. The van der Waals surface area contributed by atoms with Crippen molar-refractivity contribution >= 4 is 39.4 Å². The molecule has 4 heterocycles. The second kappa shape index (κ2) is 7.44. The molecular formula is C21H15ClFN7O. The van der Waals surface area contributed by atoms with E-state index >= 15 is 0 Å². The van der Waals surface area contributed by atoms with Crippen molar-refractivity contribution in [1.29, 1.82) is 0 Å². The number of fused-ring (bicyclic) bond motifs is 2. The first-order valence-electron chi connectivity index (χ1n) is 9.40. The maximum atomic E-state index is 14.6. The molecule has 0 unspecified atom stereocenters. The van der Waals surface area contributed by atoms with Gasteiger partial charge in [0.25, 0.3) is 5.56 Å². The van der Waals surface area contributed by atoms with Crippen LogP contribution in [0, 0.1) is 5.95 Å². The zero-order valence-corrected chi connectivity index (χ0v) is 16.9. The minimum atomic E-state index is -0.763. The number of H-pyrrole nitrogens is 1. The van der Waals surface area contributed by atoms with E-state index in [1.165, 1.54) is 29.5 Å². The summed E-state index contributed by atoms with van der Waals surface area (Å²) in [6.45, 7) is 1.84. The minimum Gasteiger partial charge on any atom is -0.360 e. The Morgan fingerprint density at radius 1 is 1.16 bits per heavy atom. The molecule has 0 aliphatic heterocycles. The lowest BCUT2D eigenvalue weighted by Crippen LogP contribution is -2.26. The lowest BCUT2D eigenvalue weighted by Gasteiger charge is -2.21. The molecule has 1 aromatic carbocycles. The molecule has 5 aromatic rings. The van der Waals surface area contributed by atoms with Crippen LogP contribution in [-0.2, 0) is 0 Å². The number of pyridine rings is 2. The summed E-state index contributed by atoms with van der Waals surface area (Å²) in [6.07, 6.45) is 4.26. The van der Waals surface area contributed by atoms with Gasteiger partial charge >= 0.3 is 0 Å². The molecule has 0 fully saturated rings. The van der Waals surface area contributed by atoms with Crippen molar-refractivity contribution < 1.29 is 4.39 Å². The normalized spacial score (nSPS) is 12.4. The number of nitrogens with zero attached hydrogens (tertiary/aromatic N) is 5. The van der Waals surface area contributed by atoms with Crippen molar-refractivity contribution in [1.82, 2.24) is 29.5 Å². The van der Waals surface area contributed by atoms with Gasteiger partial charge in [0.05, 0.1) is 22.8 Å². The molecule has 10 heteroatoms. The fraction of sp³-hybridized carbons (Fsp3) is 0.0952. The van der Waals surface area contributed by atoms with Gasteiger partial charge in [-0.1, -0.05) is 23.7 Å². The molecule has 0 radical (unpaired) electrons.